The third-order valence-electron chi connectivity index (χ3n) is 7.66. The molecular weight excluding hydrogens is 610 g/mol. The number of likely N-dealkylation sites (tertiary alicyclic amines) is 1. The van der Waals surface area contributed by atoms with Crippen molar-refractivity contribution < 1.29 is 23.9 Å². The van der Waals surface area contributed by atoms with Crippen LogP contribution >= 0.6 is 23.2 Å². The number of amides is 2. The number of fused-ring (bicyclic) bond motifs is 1. The minimum absolute atomic E-state index is 0.0542. The second kappa shape index (κ2) is 12.4. The molecule has 2 aliphatic heterocycles. The molecule has 1 saturated heterocycles. The van der Waals surface area contributed by atoms with E-state index < -0.39 is 23.9 Å². The predicted molar refractivity (Wildman–Crippen MR) is 164 cm³/mol. The largest absolute Gasteiger partial charge is 0.392 e. The fraction of sp³-hybridized carbons (Fsp3) is 0.258. The maximum absolute atomic E-state index is 14.8. The molecule has 44 heavy (non-hydrogen) atoms. The van der Waals surface area contributed by atoms with Gasteiger partial charge in [-0.2, -0.15) is 9.49 Å². The number of pyridine rings is 1. The van der Waals surface area contributed by atoms with Crippen LogP contribution in [0.25, 0.3) is 11.1 Å². The molecule has 0 bridgehead atoms. The number of benzene rings is 2. The highest BCUT2D eigenvalue weighted by Crippen LogP contribution is 2.40. The Hall–Kier alpha value is -4.16. The van der Waals surface area contributed by atoms with Crippen LogP contribution in [-0.2, 0) is 13.1 Å². The van der Waals surface area contributed by atoms with Gasteiger partial charge in [0.15, 0.2) is 11.5 Å². The third kappa shape index (κ3) is 6.09. The van der Waals surface area contributed by atoms with Crippen molar-refractivity contribution in [3.05, 3.63) is 93.2 Å². The molecule has 0 saturated carbocycles. The molecule has 1 atom stereocenters. The molecule has 4 heterocycles. The van der Waals surface area contributed by atoms with Gasteiger partial charge in [0.1, 0.15) is 11.4 Å². The topological polar surface area (TPSA) is 129 Å². The Balaban J connectivity index is 1.18. The number of aryl methyl sites for hydroxylation is 1. The van der Waals surface area contributed by atoms with Gasteiger partial charge in [0.2, 0.25) is 5.95 Å². The van der Waals surface area contributed by atoms with Crippen LogP contribution in [0.2, 0.25) is 10.0 Å². The lowest BCUT2D eigenvalue weighted by Gasteiger charge is -2.16. The number of nitrogens with one attached hydrogen (secondary N) is 2. The minimum atomic E-state index is -0.758. The van der Waals surface area contributed by atoms with Crippen molar-refractivity contribution in [1.29, 1.82) is 0 Å². The van der Waals surface area contributed by atoms with Gasteiger partial charge in [-0.15, -0.1) is 0 Å². The van der Waals surface area contributed by atoms with Crippen LogP contribution in [0, 0.1) is 5.95 Å². The van der Waals surface area contributed by atoms with Gasteiger partial charge in [-0.05, 0) is 31.0 Å². The molecule has 4 aromatic rings. The van der Waals surface area contributed by atoms with Crippen LogP contribution < -0.4 is 10.6 Å². The Kier molecular flexibility index (Phi) is 8.46. The number of ketones is 1. The maximum Gasteiger partial charge on any atom is 0.276 e. The minimum Gasteiger partial charge on any atom is -0.392 e. The van der Waals surface area contributed by atoms with E-state index in [4.69, 9.17) is 23.2 Å². The average molecular weight is 637 g/mol. The van der Waals surface area contributed by atoms with Crippen molar-refractivity contribution in [1.82, 2.24) is 19.7 Å². The fourth-order valence-corrected chi connectivity index (χ4v) is 5.94. The SMILES string of the molecule is O=C(Nc1cccc(-c2cccc(NC(=O)c3cc4n(n3)CCCC4=O)c2Cl)c1Cl)c1ccc(CN2CC[C@@H](O)C2)c(F)n1. The molecule has 0 unspecified atom stereocenters. The van der Waals surface area contributed by atoms with Gasteiger partial charge in [0.25, 0.3) is 11.8 Å². The smallest absolute Gasteiger partial charge is 0.276 e. The van der Waals surface area contributed by atoms with Crippen LogP contribution in [0.15, 0.2) is 54.6 Å². The van der Waals surface area contributed by atoms with Gasteiger partial charge < -0.3 is 15.7 Å². The first kappa shape index (κ1) is 29.9. The zero-order chi connectivity index (χ0) is 31.0. The summed E-state index contributed by atoms with van der Waals surface area (Å²) in [7, 11) is 0. The molecule has 1 fully saturated rings. The molecule has 2 aromatic heterocycles. The Morgan fingerprint density at radius 2 is 1.61 bits per heavy atom. The normalized spacial score (nSPS) is 16.5. The van der Waals surface area contributed by atoms with E-state index in [0.717, 1.165) is 0 Å². The molecule has 2 aromatic carbocycles. The quantitative estimate of drug-likeness (QED) is 0.230. The second-order valence-corrected chi connectivity index (χ2v) is 11.5. The van der Waals surface area contributed by atoms with Gasteiger partial charge in [-0.1, -0.05) is 53.5 Å². The fourth-order valence-electron chi connectivity index (χ4n) is 5.39. The van der Waals surface area contributed by atoms with Gasteiger partial charge >= 0.3 is 0 Å². The number of β-amino-alcohol motifs (C(OH)–C–C–N with tert-alkyl or cyclic N) is 1. The number of halogens is 3. The van der Waals surface area contributed by atoms with Crippen LogP contribution in [0.1, 0.15) is 56.3 Å². The van der Waals surface area contributed by atoms with Gasteiger partial charge in [0, 0.05) is 55.4 Å². The number of Topliss-reactive ketones (excluding diaryl/α,β-unsaturated/α-hetero) is 1. The zero-order valence-corrected chi connectivity index (χ0v) is 24.8. The number of carbonyl (C=O) groups excluding carboxylic acids is 3. The highest BCUT2D eigenvalue weighted by atomic mass is 35.5. The molecule has 0 radical (unpaired) electrons. The number of rotatable bonds is 7. The molecule has 0 aliphatic carbocycles. The number of anilines is 2. The van der Waals surface area contributed by atoms with E-state index in [2.05, 4.69) is 20.7 Å². The van der Waals surface area contributed by atoms with E-state index >= 15 is 0 Å². The molecule has 6 rings (SSSR count). The van der Waals surface area contributed by atoms with Crippen molar-refractivity contribution in [2.75, 3.05) is 23.7 Å². The maximum atomic E-state index is 14.8. The monoisotopic (exact) mass is 636 g/mol. The summed E-state index contributed by atoms with van der Waals surface area (Å²) < 4.78 is 16.3. The summed E-state index contributed by atoms with van der Waals surface area (Å²) in [6.07, 6.45) is 1.31. The second-order valence-electron chi connectivity index (χ2n) is 10.7. The van der Waals surface area contributed by atoms with Crippen molar-refractivity contribution >= 4 is 52.2 Å². The van der Waals surface area contributed by atoms with E-state index in [1.807, 2.05) is 4.90 Å². The first-order valence-electron chi connectivity index (χ1n) is 14.0. The standard InChI is InChI=1S/C31H27Cl2FN6O4/c32-27-19(20-5-2-7-22(28(20)33)37-31(44)24-14-25-26(42)8-3-12-40(25)38-24)4-1-6-21(27)36-30(43)23-10-9-17(29(34)35-23)15-39-13-11-18(41)16-39/h1-2,4-7,9-10,14,18,41H,3,8,11-13,15-16H2,(H,36,43)(H,37,44)/t18-/m1/s1. The Morgan fingerprint density at radius 3 is 2.20 bits per heavy atom. The molecule has 2 amide bonds. The molecule has 3 N–H and O–H groups in total. The van der Waals surface area contributed by atoms with Crippen LogP contribution in [0.3, 0.4) is 0 Å². The van der Waals surface area contributed by atoms with E-state index in [1.54, 1.807) is 36.4 Å². The van der Waals surface area contributed by atoms with Gasteiger partial charge in [-0.3, -0.25) is 24.0 Å². The molecule has 0 spiro atoms. The van der Waals surface area contributed by atoms with Crippen LogP contribution in [0.4, 0.5) is 15.8 Å². The van der Waals surface area contributed by atoms with E-state index in [9.17, 15) is 23.9 Å². The lowest BCUT2D eigenvalue weighted by atomic mass is 10.0. The number of aliphatic hydroxyl groups is 1. The molecule has 10 nitrogen and oxygen atoms in total. The number of hydrogen-bond donors (Lipinski definition) is 3. The first-order chi connectivity index (χ1) is 21.2. The van der Waals surface area contributed by atoms with Crippen molar-refractivity contribution in [3.63, 3.8) is 0 Å². The highest BCUT2D eigenvalue weighted by Gasteiger charge is 2.24. The Labute approximate surface area is 261 Å². The van der Waals surface area contributed by atoms with Gasteiger partial charge in [-0.25, -0.2) is 4.98 Å². The lowest BCUT2D eigenvalue weighted by molar-refractivity contribution is 0.0949. The molecule has 13 heteroatoms. The molecule has 2 aliphatic rings. The summed E-state index contributed by atoms with van der Waals surface area (Å²) in [6, 6.07) is 14.4. The van der Waals surface area contributed by atoms with Crippen molar-refractivity contribution in [3.8, 4) is 11.1 Å². The molecule has 226 valence electrons. The van der Waals surface area contributed by atoms with Gasteiger partial charge in [0.05, 0.1) is 27.5 Å². The average Bonchev–Trinajstić information content (AvgIpc) is 3.63. The number of nitrogens with zero attached hydrogens (tertiary/aromatic N) is 4. The number of hydrogen-bond acceptors (Lipinski definition) is 7. The lowest BCUT2D eigenvalue weighted by Crippen LogP contribution is -2.23. The van der Waals surface area contributed by atoms with Crippen molar-refractivity contribution in [2.24, 2.45) is 0 Å². The highest BCUT2D eigenvalue weighted by molar-refractivity contribution is 6.40. The summed E-state index contributed by atoms with van der Waals surface area (Å²) in [5.74, 6) is -1.98. The van der Waals surface area contributed by atoms with Crippen LogP contribution in [0.5, 0.6) is 0 Å². The zero-order valence-electron chi connectivity index (χ0n) is 23.3. The summed E-state index contributed by atoms with van der Waals surface area (Å²) in [4.78, 5) is 43.9. The Morgan fingerprint density at radius 1 is 0.955 bits per heavy atom. The summed E-state index contributed by atoms with van der Waals surface area (Å²) in [6.45, 7) is 1.97. The summed E-state index contributed by atoms with van der Waals surface area (Å²) >= 11 is 13.4. The van der Waals surface area contributed by atoms with E-state index in [1.165, 1.54) is 22.9 Å². The number of aromatic nitrogens is 3. The summed E-state index contributed by atoms with van der Waals surface area (Å²) in [5.41, 5.74) is 2.25. The van der Waals surface area contributed by atoms with Crippen LogP contribution in [-0.4, -0.2) is 61.6 Å². The number of aliphatic hydroxyl groups excluding tert-OH is 1. The Bertz CT molecular complexity index is 1790. The first-order valence-corrected chi connectivity index (χ1v) is 14.8. The predicted octanol–water partition coefficient (Wildman–Crippen LogP) is 5.44. The van der Waals surface area contributed by atoms with E-state index in [0.29, 0.717) is 67.0 Å². The third-order valence-corrected chi connectivity index (χ3v) is 8.47. The number of carbonyl (C=O) groups is 3. The molecular formula is C31H27Cl2FN6O4. The summed E-state index contributed by atoms with van der Waals surface area (Å²) in [5, 5.41) is 19.8. The van der Waals surface area contributed by atoms with E-state index in [-0.39, 0.29) is 39.4 Å². The van der Waals surface area contributed by atoms with Crippen molar-refractivity contribution in [2.45, 2.75) is 38.5 Å².